The van der Waals surface area contributed by atoms with Gasteiger partial charge in [0.05, 0.1) is 16.3 Å². The highest BCUT2D eigenvalue weighted by atomic mass is 35.5. The van der Waals surface area contributed by atoms with Crippen molar-refractivity contribution in [2.24, 2.45) is 0 Å². The molecular weight excluding hydrogens is 341 g/mol. The van der Waals surface area contributed by atoms with Crippen molar-refractivity contribution in [2.75, 3.05) is 5.32 Å². The Hall–Kier alpha value is -2.79. The minimum absolute atomic E-state index is 0.0519. The van der Waals surface area contributed by atoms with Gasteiger partial charge in [0.25, 0.3) is 5.91 Å². The number of benzene rings is 2. The van der Waals surface area contributed by atoms with Crippen LogP contribution in [-0.4, -0.2) is 15.9 Å². The first-order valence-corrected chi connectivity index (χ1v) is 8.03. The number of amides is 1. The number of carbonyl (C=O) groups is 1. The SMILES string of the molecule is Cc1nc(Cc2ccccc2)ncc1C(=O)Nc1ccc(F)c(Cl)c1. The lowest BCUT2D eigenvalue weighted by molar-refractivity contribution is 0.102. The zero-order valence-corrected chi connectivity index (χ0v) is 14.2. The normalized spacial score (nSPS) is 10.5. The van der Waals surface area contributed by atoms with Gasteiger partial charge in [-0.25, -0.2) is 14.4 Å². The Labute approximate surface area is 149 Å². The second-order valence-electron chi connectivity index (χ2n) is 5.53. The van der Waals surface area contributed by atoms with Crippen molar-refractivity contribution in [3.05, 3.63) is 88.2 Å². The summed E-state index contributed by atoms with van der Waals surface area (Å²) in [6, 6.07) is 13.9. The molecule has 0 bridgehead atoms. The van der Waals surface area contributed by atoms with Gasteiger partial charge in [0.15, 0.2) is 0 Å². The van der Waals surface area contributed by atoms with Crippen LogP contribution >= 0.6 is 11.6 Å². The molecule has 0 spiro atoms. The fourth-order valence-electron chi connectivity index (χ4n) is 2.37. The molecule has 4 nitrogen and oxygen atoms in total. The largest absolute Gasteiger partial charge is 0.322 e. The Bertz CT molecular complexity index is 916. The number of nitrogens with zero attached hydrogens (tertiary/aromatic N) is 2. The van der Waals surface area contributed by atoms with E-state index in [1.807, 2.05) is 30.3 Å². The van der Waals surface area contributed by atoms with Crippen LogP contribution in [0.1, 0.15) is 27.4 Å². The van der Waals surface area contributed by atoms with Crippen LogP contribution in [0.2, 0.25) is 5.02 Å². The Balaban J connectivity index is 1.75. The van der Waals surface area contributed by atoms with E-state index < -0.39 is 5.82 Å². The fourth-order valence-corrected chi connectivity index (χ4v) is 2.55. The summed E-state index contributed by atoms with van der Waals surface area (Å²) in [5, 5.41) is 2.61. The van der Waals surface area contributed by atoms with E-state index in [0.29, 0.717) is 29.2 Å². The van der Waals surface area contributed by atoms with Gasteiger partial charge in [-0.2, -0.15) is 0 Å². The van der Waals surface area contributed by atoms with E-state index in [1.165, 1.54) is 24.4 Å². The molecular formula is C19H15ClFN3O. The van der Waals surface area contributed by atoms with Crippen molar-refractivity contribution in [1.29, 1.82) is 0 Å². The molecule has 1 amide bonds. The molecule has 0 unspecified atom stereocenters. The quantitative estimate of drug-likeness (QED) is 0.753. The van der Waals surface area contributed by atoms with Crippen LogP contribution < -0.4 is 5.32 Å². The van der Waals surface area contributed by atoms with E-state index in [4.69, 9.17) is 11.6 Å². The summed E-state index contributed by atoms with van der Waals surface area (Å²) in [6.45, 7) is 1.75. The zero-order chi connectivity index (χ0) is 17.8. The predicted molar refractivity (Wildman–Crippen MR) is 95.4 cm³/mol. The molecule has 1 aromatic heterocycles. The van der Waals surface area contributed by atoms with Gasteiger partial charge in [-0.1, -0.05) is 41.9 Å². The molecule has 0 aliphatic rings. The third kappa shape index (κ3) is 4.19. The van der Waals surface area contributed by atoms with Crippen LogP contribution in [0.25, 0.3) is 0 Å². The highest BCUT2D eigenvalue weighted by molar-refractivity contribution is 6.31. The maximum absolute atomic E-state index is 13.2. The number of carbonyl (C=O) groups excluding carboxylic acids is 1. The molecule has 0 saturated heterocycles. The Morgan fingerprint density at radius 1 is 1.20 bits per heavy atom. The van der Waals surface area contributed by atoms with Gasteiger partial charge in [0.2, 0.25) is 0 Å². The number of aryl methyl sites for hydroxylation is 1. The summed E-state index contributed by atoms with van der Waals surface area (Å²) in [4.78, 5) is 21.0. The monoisotopic (exact) mass is 355 g/mol. The minimum Gasteiger partial charge on any atom is -0.322 e. The number of aromatic nitrogens is 2. The minimum atomic E-state index is -0.538. The van der Waals surface area contributed by atoms with Gasteiger partial charge in [-0.15, -0.1) is 0 Å². The highest BCUT2D eigenvalue weighted by Crippen LogP contribution is 2.20. The van der Waals surface area contributed by atoms with Gasteiger partial charge in [0.1, 0.15) is 11.6 Å². The standard InChI is InChI=1S/C19H15ClFN3O/c1-12-15(19(25)24-14-7-8-17(21)16(20)10-14)11-22-18(23-12)9-13-5-3-2-4-6-13/h2-8,10-11H,9H2,1H3,(H,24,25). The summed E-state index contributed by atoms with van der Waals surface area (Å²) in [5.74, 6) is -0.263. The lowest BCUT2D eigenvalue weighted by atomic mass is 10.1. The van der Waals surface area contributed by atoms with Crippen LogP contribution in [0.4, 0.5) is 10.1 Å². The molecule has 6 heteroatoms. The lowest BCUT2D eigenvalue weighted by Crippen LogP contribution is -2.15. The summed E-state index contributed by atoms with van der Waals surface area (Å²) in [6.07, 6.45) is 2.10. The molecule has 0 atom stereocenters. The van der Waals surface area contributed by atoms with E-state index >= 15 is 0 Å². The highest BCUT2D eigenvalue weighted by Gasteiger charge is 2.13. The number of rotatable bonds is 4. The van der Waals surface area contributed by atoms with E-state index in [-0.39, 0.29) is 10.9 Å². The molecule has 0 aliphatic heterocycles. The van der Waals surface area contributed by atoms with Gasteiger partial charge >= 0.3 is 0 Å². The first-order valence-electron chi connectivity index (χ1n) is 7.66. The van der Waals surface area contributed by atoms with Crippen molar-refractivity contribution in [2.45, 2.75) is 13.3 Å². The predicted octanol–water partition coefficient (Wildman–Crippen LogP) is 4.42. The maximum atomic E-state index is 13.2. The summed E-state index contributed by atoms with van der Waals surface area (Å²) < 4.78 is 13.2. The van der Waals surface area contributed by atoms with Crippen LogP contribution in [0.5, 0.6) is 0 Å². The second-order valence-corrected chi connectivity index (χ2v) is 5.94. The molecule has 25 heavy (non-hydrogen) atoms. The van der Waals surface area contributed by atoms with Gasteiger partial charge in [-0.05, 0) is 30.7 Å². The van der Waals surface area contributed by atoms with Crippen LogP contribution in [0.15, 0.2) is 54.7 Å². The summed E-state index contributed by atoms with van der Waals surface area (Å²) in [7, 11) is 0. The molecule has 126 valence electrons. The van der Waals surface area contributed by atoms with Crippen LogP contribution in [0, 0.1) is 12.7 Å². The number of nitrogens with one attached hydrogen (secondary N) is 1. The summed E-state index contributed by atoms with van der Waals surface area (Å²) in [5.41, 5.74) is 2.44. The van der Waals surface area contributed by atoms with E-state index in [1.54, 1.807) is 6.92 Å². The Kier molecular flexibility index (Phi) is 5.05. The molecule has 1 heterocycles. The molecule has 0 radical (unpaired) electrons. The fraction of sp³-hybridized carbons (Fsp3) is 0.105. The number of anilines is 1. The average Bonchev–Trinajstić information content (AvgIpc) is 2.59. The average molecular weight is 356 g/mol. The second kappa shape index (κ2) is 7.40. The molecule has 0 aliphatic carbocycles. The number of hydrogen-bond acceptors (Lipinski definition) is 3. The molecule has 0 fully saturated rings. The Morgan fingerprint density at radius 2 is 1.96 bits per heavy atom. The number of hydrogen-bond donors (Lipinski definition) is 1. The zero-order valence-electron chi connectivity index (χ0n) is 13.5. The smallest absolute Gasteiger partial charge is 0.259 e. The summed E-state index contributed by atoms with van der Waals surface area (Å²) >= 11 is 5.72. The first-order chi connectivity index (χ1) is 12.0. The van der Waals surface area contributed by atoms with E-state index in [9.17, 15) is 9.18 Å². The molecule has 1 N–H and O–H groups in total. The Morgan fingerprint density at radius 3 is 2.64 bits per heavy atom. The van der Waals surface area contributed by atoms with Crippen LogP contribution in [0.3, 0.4) is 0 Å². The van der Waals surface area contributed by atoms with Gasteiger partial charge < -0.3 is 5.32 Å². The van der Waals surface area contributed by atoms with Crippen molar-refractivity contribution < 1.29 is 9.18 Å². The van der Waals surface area contributed by atoms with Crippen molar-refractivity contribution >= 4 is 23.2 Å². The van der Waals surface area contributed by atoms with Gasteiger partial charge in [0, 0.05) is 18.3 Å². The first kappa shape index (κ1) is 17.0. The van der Waals surface area contributed by atoms with E-state index in [2.05, 4.69) is 15.3 Å². The third-order valence-electron chi connectivity index (χ3n) is 3.66. The topological polar surface area (TPSA) is 54.9 Å². The molecule has 3 aromatic rings. The number of halogens is 2. The molecule has 3 rings (SSSR count). The van der Waals surface area contributed by atoms with Crippen LogP contribution in [-0.2, 0) is 6.42 Å². The van der Waals surface area contributed by atoms with Crippen molar-refractivity contribution in [1.82, 2.24) is 9.97 Å². The van der Waals surface area contributed by atoms with E-state index in [0.717, 1.165) is 5.56 Å². The third-order valence-corrected chi connectivity index (χ3v) is 3.95. The maximum Gasteiger partial charge on any atom is 0.259 e. The van der Waals surface area contributed by atoms with Crippen molar-refractivity contribution in [3.8, 4) is 0 Å². The van der Waals surface area contributed by atoms with Crippen molar-refractivity contribution in [3.63, 3.8) is 0 Å². The lowest BCUT2D eigenvalue weighted by Gasteiger charge is -2.09. The molecule has 0 saturated carbocycles. The molecule has 2 aromatic carbocycles. The van der Waals surface area contributed by atoms with Gasteiger partial charge in [-0.3, -0.25) is 4.79 Å².